The number of rotatable bonds is 2. The molecule has 1 aliphatic rings. The molecule has 9 heteroatoms. The van der Waals surface area contributed by atoms with Gasteiger partial charge in [-0.2, -0.15) is 18.2 Å². The summed E-state index contributed by atoms with van der Waals surface area (Å²) in [5.41, 5.74) is 4.22. The van der Waals surface area contributed by atoms with E-state index in [4.69, 9.17) is 5.73 Å². The number of alkyl halides is 3. The van der Waals surface area contributed by atoms with Gasteiger partial charge in [0, 0.05) is 19.7 Å². The number of nitrogen functional groups attached to an aromatic ring is 1. The number of carbonyl (C=O) groups is 1. The SMILES string of the molecule is CNC(=O)C1CCCN1c1cc(C(F)(F)F)nc(N)n1. The van der Waals surface area contributed by atoms with E-state index in [1.807, 2.05) is 0 Å². The molecule has 1 aromatic rings. The Morgan fingerprint density at radius 1 is 1.50 bits per heavy atom. The Morgan fingerprint density at radius 2 is 2.20 bits per heavy atom. The molecule has 1 amide bonds. The summed E-state index contributed by atoms with van der Waals surface area (Å²) in [6.45, 7) is 0.450. The third-order valence-electron chi connectivity index (χ3n) is 3.12. The lowest BCUT2D eigenvalue weighted by Gasteiger charge is -2.24. The van der Waals surface area contributed by atoms with Gasteiger partial charge in [-0.25, -0.2) is 4.98 Å². The highest BCUT2D eigenvalue weighted by molar-refractivity contribution is 5.85. The molecule has 2 heterocycles. The Kier molecular flexibility index (Phi) is 3.69. The van der Waals surface area contributed by atoms with Gasteiger partial charge in [-0.1, -0.05) is 0 Å². The number of hydrogen-bond donors (Lipinski definition) is 2. The van der Waals surface area contributed by atoms with Crippen LogP contribution in [0.3, 0.4) is 0 Å². The molecule has 1 atom stereocenters. The van der Waals surface area contributed by atoms with Crippen LogP contribution in [0.15, 0.2) is 6.07 Å². The summed E-state index contributed by atoms with van der Waals surface area (Å²) in [7, 11) is 1.48. The van der Waals surface area contributed by atoms with Gasteiger partial charge in [0.1, 0.15) is 11.9 Å². The van der Waals surface area contributed by atoms with Gasteiger partial charge in [0.25, 0.3) is 0 Å². The number of amides is 1. The van der Waals surface area contributed by atoms with Crippen LogP contribution in [0.25, 0.3) is 0 Å². The second kappa shape index (κ2) is 5.14. The molecular formula is C11H14F3N5O. The lowest BCUT2D eigenvalue weighted by Crippen LogP contribution is -2.42. The third kappa shape index (κ3) is 2.75. The number of anilines is 2. The van der Waals surface area contributed by atoms with Crippen LogP contribution in [0, 0.1) is 0 Å². The summed E-state index contributed by atoms with van der Waals surface area (Å²) < 4.78 is 38.1. The number of carbonyl (C=O) groups excluding carboxylic acids is 1. The predicted octanol–water partition coefficient (Wildman–Crippen LogP) is 0.792. The lowest BCUT2D eigenvalue weighted by molar-refractivity contribution is -0.141. The fourth-order valence-corrected chi connectivity index (χ4v) is 2.23. The molecule has 2 rings (SSSR count). The van der Waals surface area contributed by atoms with E-state index in [2.05, 4.69) is 15.3 Å². The van der Waals surface area contributed by atoms with Gasteiger partial charge >= 0.3 is 6.18 Å². The van der Waals surface area contributed by atoms with Gasteiger partial charge in [0.15, 0.2) is 5.69 Å². The Bertz CT molecular complexity index is 519. The van der Waals surface area contributed by atoms with Gasteiger partial charge in [-0.05, 0) is 12.8 Å². The molecule has 0 aliphatic carbocycles. The molecule has 1 aliphatic heterocycles. The van der Waals surface area contributed by atoms with Gasteiger partial charge < -0.3 is 16.0 Å². The van der Waals surface area contributed by atoms with Crippen LogP contribution < -0.4 is 16.0 Å². The van der Waals surface area contributed by atoms with Crippen LogP contribution in [0.4, 0.5) is 24.9 Å². The van der Waals surface area contributed by atoms with Crippen molar-refractivity contribution in [3.05, 3.63) is 11.8 Å². The maximum absolute atomic E-state index is 12.7. The number of aromatic nitrogens is 2. The van der Waals surface area contributed by atoms with Crippen molar-refractivity contribution < 1.29 is 18.0 Å². The average Bonchev–Trinajstić information content (AvgIpc) is 2.85. The van der Waals surface area contributed by atoms with E-state index in [1.165, 1.54) is 11.9 Å². The number of nitrogens with one attached hydrogen (secondary N) is 1. The Labute approximate surface area is 113 Å². The van der Waals surface area contributed by atoms with Crippen molar-refractivity contribution in [1.82, 2.24) is 15.3 Å². The monoisotopic (exact) mass is 289 g/mol. The molecule has 20 heavy (non-hydrogen) atoms. The highest BCUT2D eigenvalue weighted by Gasteiger charge is 2.36. The van der Waals surface area contributed by atoms with Crippen molar-refractivity contribution in [2.45, 2.75) is 25.1 Å². The highest BCUT2D eigenvalue weighted by Crippen LogP contribution is 2.32. The minimum absolute atomic E-state index is 0.0240. The molecule has 1 saturated heterocycles. The molecule has 0 radical (unpaired) electrons. The first kappa shape index (κ1) is 14.4. The molecule has 1 fully saturated rings. The maximum atomic E-state index is 12.7. The highest BCUT2D eigenvalue weighted by atomic mass is 19.4. The maximum Gasteiger partial charge on any atom is 0.433 e. The standard InChI is InChI=1S/C11H14F3N5O/c1-16-9(20)6-3-2-4-19(6)8-5-7(11(12,13)14)17-10(15)18-8/h5-6H,2-4H2,1H3,(H,16,20)(H2,15,17,18). The first-order valence-electron chi connectivity index (χ1n) is 6.03. The normalized spacial score (nSPS) is 19.2. The Morgan fingerprint density at radius 3 is 2.80 bits per heavy atom. The second-order valence-corrected chi connectivity index (χ2v) is 4.43. The van der Waals surface area contributed by atoms with Gasteiger partial charge in [-0.3, -0.25) is 4.79 Å². The van der Waals surface area contributed by atoms with Crippen LogP contribution >= 0.6 is 0 Å². The first-order chi connectivity index (χ1) is 9.32. The average molecular weight is 289 g/mol. The van der Waals surface area contributed by atoms with Crippen LogP contribution in [0.2, 0.25) is 0 Å². The molecule has 3 N–H and O–H groups in total. The molecule has 6 nitrogen and oxygen atoms in total. The minimum atomic E-state index is -4.60. The number of halogens is 3. The summed E-state index contributed by atoms with van der Waals surface area (Å²) in [6.07, 6.45) is -3.34. The van der Waals surface area contributed by atoms with E-state index >= 15 is 0 Å². The summed E-state index contributed by atoms with van der Waals surface area (Å²) in [4.78, 5) is 20.2. The topological polar surface area (TPSA) is 84.1 Å². The Hall–Kier alpha value is -2.06. The molecule has 1 unspecified atom stereocenters. The van der Waals surface area contributed by atoms with Crippen molar-refractivity contribution in [2.24, 2.45) is 0 Å². The lowest BCUT2D eigenvalue weighted by atomic mass is 10.2. The molecule has 0 spiro atoms. The molecule has 0 saturated carbocycles. The zero-order chi connectivity index (χ0) is 14.9. The smallest absolute Gasteiger partial charge is 0.368 e. The van der Waals surface area contributed by atoms with Crippen molar-refractivity contribution in [1.29, 1.82) is 0 Å². The molecular weight excluding hydrogens is 275 g/mol. The third-order valence-corrected chi connectivity index (χ3v) is 3.12. The zero-order valence-corrected chi connectivity index (χ0v) is 10.7. The van der Waals surface area contributed by atoms with Crippen LogP contribution in [-0.2, 0) is 11.0 Å². The van der Waals surface area contributed by atoms with E-state index in [1.54, 1.807) is 0 Å². The van der Waals surface area contributed by atoms with Crippen molar-refractivity contribution in [3.8, 4) is 0 Å². The quantitative estimate of drug-likeness (QED) is 0.841. The summed E-state index contributed by atoms with van der Waals surface area (Å²) in [5, 5.41) is 2.49. The summed E-state index contributed by atoms with van der Waals surface area (Å²) in [6, 6.07) is 0.285. The zero-order valence-electron chi connectivity index (χ0n) is 10.7. The van der Waals surface area contributed by atoms with E-state index in [-0.39, 0.29) is 11.7 Å². The fraction of sp³-hybridized carbons (Fsp3) is 0.545. The fourth-order valence-electron chi connectivity index (χ4n) is 2.23. The van der Waals surface area contributed by atoms with Gasteiger partial charge in [-0.15, -0.1) is 0 Å². The minimum Gasteiger partial charge on any atom is -0.368 e. The van der Waals surface area contributed by atoms with Gasteiger partial charge in [0.05, 0.1) is 0 Å². The summed E-state index contributed by atoms with van der Waals surface area (Å²) >= 11 is 0. The van der Waals surface area contributed by atoms with Gasteiger partial charge in [0.2, 0.25) is 11.9 Å². The van der Waals surface area contributed by atoms with Crippen molar-refractivity contribution in [3.63, 3.8) is 0 Å². The molecule has 110 valence electrons. The van der Waals surface area contributed by atoms with E-state index in [0.717, 1.165) is 6.07 Å². The molecule has 0 bridgehead atoms. The number of nitrogens with zero attached hydrogens (tertiary/aromatic N) is 3. The van der Waals surface area contributed by atoms with Crippen molar-refractivity contribution >= 4 is 17.7 Å². The van der Waals surface area contributed by atoms with Crippen LogP contribution in [0.1, 0.15) is 18.5 Å². The largest absolute Gasteiger partial charge is 0.433 e. The van der Waals surface area contributed by atoms with Crippen molar-refractivity contribution in [2.75, 3.05) is 24.2 Å². The number of hydrogen-bond acceptors (Lipinski definition) is 5. The van der Waals surface area contributed by atoms with Crippen LogP contribution in [0.5, 0.6) is 0 Å². The number of nitrogens with two attached hydrogens (primary N) is 1. The second-order valence-electron chi connectivity index (χ2n) is 4.43. The van der Waals surface area contributed by atoms with E-state index in [0.29, 0.717) is 19.4 Å². The predicted molar refractivity (Wildman–Crippen MR) is 65.9 cm³/mol. The van der Waals surface area contributed by atoms with E-state index < -0.39 is 23.9 Å². The Balaban J connectivity index is 2.37. The first-order valence-corrected chi connectivity index (χ1v) is 6.03. The summed E-state index contributed by atoms with van der Waals surface area (Å²) in [5.74, 6) is -0.693. The van der Waals surface area contributed by atoms with E-state index in [9.17, 15) is 18.0 Å². The molecule has 1 aromatic heterocycles. The van der Waals surface area contributed by atoms with Crippen LogP contribution in [-0.4, -0.2) is 35.5 Å². The number of likely N-dealkylation sites (N-methyl/N-ethyl adjacent to an activating group) is 1. The molecule has 0 aromatic carbocycles.